The molecule has 2 atom stereocenters. The van der Waals surface area contributed by atoms with Crippen molar-refractivity contribution in [1.82, 2.24) is 0 Å². The van der Waals surface area contributed by atoms with E-state index in [2.05, 4.69) is 31.2 Å². The van der Waals surface area contributed by atoms with E-state index in [1.807, 2.05) is 6.92 Å². The van der Waals surface area contributed by atoms with Gasteiger partial charge in [-0.15, -0.1) is 0 Å². The van der Waals surface area contributed by atoms with Crippen LogP contribution in [-0.4, -0.2) is 23.6 Å². The Kier molecular flexibility index (Phi) is 5.98. The lowest BCUT2D eigenvalue weighted by molar-refractivity contribution is -0.146. The van der Waals surface area contributed by atoms with Crippen molar-refractivity contribution < 1.29 is 14.3 Å². The maximum atomic E-state index is 13.3. The Balaban J connectivity index is 1.72. The van der Waals surface area contributed by atoms with E-state index in [-0.39, 0.29) is 29.7 Å². The van der Waals surface area contributed by atoms with Crippen LogP contribution < -0.4 is 0 Å². The van der Waals surface area contributed by atoms with Crippen molar-refractivity contribution in [3.63, 3.8) is 0 Å². The number of fused-ring (bicyclic) bond motifs is 1. The standard InChI is InChI=1S/C25H31NO3/c1-3-17-12-14-18(15-13-17)23-22(25(28)29-19-8-5-4-6-9-19)16(2)26-20-10-7-11-21(27)24(20)23/h12-15,19,23-24H,3-11H2,1-2H3. The number of allylic oxidation sites excluding steroid dienone is 1. The molecule has 2 aliphatic carbocycles. The van der Waals surface area contributed by atoms with Crippen molar-refractivity contribution in [3.8, 4) is 0 Å². The number of benzene rings is 1. The number of ether oxygens (including phenoxy) is 1. The summed E-state index contributed by atoms with van der Waals surface area (Å²) >= 11 is 0. The Labute approximate surface area is 173 Å². The Morgan fingerprint density at radius 2 is 1.76 bits per heavy atom. The average Bonchev–Trinajstić information content (AvgIpc) is 2.73. The molecule has 1 aliphatic heterocycles. The molecule has 4 nitrogen and oxygen atoms in total. The third-order valence-corrected chi connectivity index (χ3v) is 6.70. The van der Waals surface area contributed by atoms with Crippen molar-refractivity contribution in [1.29, 1.82) is 0 Å². The molecule has 29 heavy (non-hydrogen) atoms. The number of carbonyl (C=O) groups is 2. The number of rotatable bonds is 4. The van der Waals surface area contributed by atoms with E-state index in [9.17, 15) is 9.59 Å². The summed E-state index contributed by atoms with van der Waals surface area (Å²) in [6.07, 6.45) is 8.52. The molecule has 2 saturated carbocycles. The second-order valence-electron chi connectivity index (χ2n) is 8.64. The number of hydrogen-bond donors (Lipinski definition) is 0. The second kappa shape index (κ2) is 8.64. The third kappa shape index (κ3) is 4.08. The van der Waals surface area contributed by atoms with Crippen LogP contribution in [-0.2, 0) is 20.7 Å². The van der Waals surface area contributed by atoms with Gasteiger partial charge >= 0.3 is 5.97 Å². The number of carbonyl (C=O) groups excluding carboxylic acids is 2. The lowest BCUT2D eigenvalue weighted by Gasteiger charge is -2.36. The quantitative estimate of drug-likeness (QED) is 0.652. The maximum absolute atomic E-state index is 13.3. The van der Waals surface area contributed by atoms with Crippen LogP contribution >= 0.6 is 0 Å². The van der Waals surface area contributed by atoms with Crippen LogP contribution in [0.3, 0.4) is 0 Å². The van der Waals surface area contributed by atoms with Crippen LogP contribution in [0.5, 0.6) is 0 Å². The minimum atomic E-state index is -0.325. The highest BCUT2D eigenvalue weighted by atomic mass is 16.5. The fourth-order valence-corrected chi connectivity index (χ4v) is 5.10. The molecule has 0 radical (unpaired) electrons. The summed E-state index contributed by atoms with van der Waals surface area (Å²) in [5.41, 5.74) is 4.52. The lowest BCUT2D eigenvalue weighted by Crippen LogP contribution is -2.39. The van der Waals surface area contributed by atoms with Gasteiger partial charge in [-0.2, -0.15) is 0 Å². The molecule has 0 bridgehead atoms. The third-order valence-electron chi connectivity index (χ3n) is 6.70. The molecular weight excluding hydrogens is 362 g/mol. The monoisotopic (exact) mass is 393 g/mol. The molecule has 0 N–H and O–H groups in total. The highest BCUT2D eigenvalue weighted by Crippen LogP contribution is 2.43. The zero-order valence-electron chi connectivity index (χ0n) is 17.6. The summed E-state index contributed by atoms with van der Waals surface area (Å²) < 4.78 is 5.94. The van der Waals surface area contributed by atoms with Gasteiger partial charge in [0.05, 0.1) is 11.5 Å². The van der Waals surface area contributed by atoms with Gasteiger partial charge in [-0.05, 0) is 63.0 Å². The predicted molar refractivity (Wildman–Crippen MR) is 114 cm³/mol. The first-order valence-corrected chi connectivity index (χ1v) is 11.2. The van der Waals surface area contributed by atoms with Crippen LogP contribution in [0.25, 0.3) is 0 Å². The molecule has 2 fully saturated rings. The van der Waals surface area contributed by atoms with Crippen LogP contribution in [0.4, 0.5) is 0 Å². The molecule has 0 aromatic heterocycles. The minimum absolute atomic E-state index is 0.00731. The number of ketones is 1. The summed E-state index contributed by atoms with van der Waals surface area (Å²) in [5, 5.41) is 0. The second-order valence-corrected chi connectivity index (χ2v) is 8.64. The molecule has 4 rings (SSSR count). The molecule has 1 aromatic carbocycles. The average molecular weight is 394 g/mol. The smallest absolute Gasteiger partial charge is 0.336 e. The maximum Gasteiger partial charge on any atom is 0.336 e. The first-order chi connectivity index (χ1) is 14.1. The molecule has 154 valence electrons. The van der Waals surface area contributed by atoms with Crippen molar-refractivity contribution in [2.24, 2.45) is 10.9 Å². The molecule has 0 saturated heterocycles. The number of esters is 1. The zero-order chi connectivity index (χ0) is 20.4. The highest BCUT2D eigenvalue weighted by molar-refractivity contribution is 6.11. The van der Waals surface area contributed by atoms with Crippen LogP contribution in [0, 0.1) is 5.92 Å². The summed E-state index contributed by atoms with van der Waals surface area (Å²) in [6, 6.07) is 8.37. The van der Waals surface area contributed by atoms with Crippen molar-refractivity contribution >= 4 is 17.5 Å². The fourth-order valence-electron chi connectivity index (χ4n) is 5.10. The van der Waals surface area contributed by atoms with E-state index in [1.165, 1.54) is 12.0 Å². The molecule has 1 heterocycles. The van der Waals surface area contributed by atoms with Crippen LogP contribution in [0.15, 0.2) is 40.5 Å². The van der Waals surface area contributed by atoms with Crippen LogP contribution in [0.1, 0.15) is 82.3 Å². The van der Waals surface area contributed by atoms with Gasteiger partial charge in [0, 0.05) is 23.7 Å². The molecule has 0 spiro atoms. The van der Waals surface area contributed by atoms with Gasteiger partial charge in [0.1, 0.15) is 11.9 Å². The van der Waals surface area contributed by atoms with Crippen molar-refractivity contribution in [3.05, 3.63) is 46.7 Å². The van der Waals surface area contributed by atoms with Crippen molar-refractivity contribution in [2.45, 2.75) is 83.7 Å². The number of Topliss-reactive ketones (excluding diaryl/α,β-unsaturated/α-hetero) is 1. The molecule has 3 aliphatic rings. The van der Waals surface area contributed by atoms with E-state index in [0.717, 1.165) is 61.9 Å². The van der Waals surface area contributed by atoms with E-state index < -0.39 is 0 Å². The number of nitrogens with zero attached hydrogens (tertiary/aromatic N) is 1. The number of hydrogen-bond acceptors (Lipinski definition) is 4. The Morgan fingerprint density at radius 1 is 1.03 bits per heavy atom. The molecule has 1 aromatic rings. The van der Waals surface area contributed by atoms with Crippen LogP contribution in [0.2, 0.25) is 0 Å². The Hall–Kier alpha value is -2.23. The SMILES string of the molecule is CCc1ccc(C2C(C(=O)OC3CCCCC3)=C(C)N=C3CCCC(=O)C32)cc1. The fraction of sp³-hybridized carbons (Fsp3) is 0.560. The number of aryl methyl sites for hydroxylation is 1. The highest BCUT2D eigenvalue weighted by Gasteiger charge is 2.44. The largest absolute Gasteiger partial charge is 0.459 e. The Bertz CT molecular complexity index is 843. The number of aliphatic imine (C=N–C) groups is 1. The van der Waals surface area contributed by atoms with E-state index in [0.29, 0.717) is 12.0 Å². The predicted octanol–water partition coefficient (Wildman–Crippen LogP) is 5.31. The first kappa shape index (κ1) is 20.1. The van der Waals surface area contributed by atoms with E-state index >= 15 is 0 Å². The van der Waals surface area contributed by atoms with Crippen molar-refractivity contribution in [2.75, 3.05) is 0 Å². The Morgan fingerprint density at radius 3 is 2.45 bits per heavy atom. The zero-order valence-corrected chi connectivity index (χ0v) is 17.6. The summed E-state index contributed by atoms with van der Waals surface area (Å²) in [5.74, 6) is -0.679. The van der Waals surface area contributed by atoms with Gasteiger partial charge in [-0.3, -0.25) is 9.79 Å². The normalized spacial score (nSPS) is 25.4. The van der Waals surface area contributed by atoms with E-state index in [4.69, 9.17) is 9.73 Å². The van der Waals surface area contributed by atoms with Gasteiger partial charge in [-0.25, -0.2) is 4.79 Å². The van der Waals surface area contributed by atoms with Gasteiger partial charge in [0.2, 0.25) is 0 Å². The van der Waals surface area contributed by atoms with E-state index in [1.54, 1.807) is 0 Å². The molecule has 4 heteroatoms. The summed E-state index contributed by atoms with van der Waals surface area (Å²) in [7, 11) is 0. The lowest BCUT2D eigenvalue weighted by atomic mass is 9.69. The molecule has 2 unspecified atom stereocenters. The topological polar surface area (TPSA) is 55.7 Å². The van der Waals surface area contributed by atoms with Gasteiger partial charge < -0.3 is 4.74 Å². The molecular formula is C25H31NO3. The summed E-state index contributed by atoms with van der Waals surface area (Å²) in [4.78, 5) is 31.0. The van der Waals surface area contributed by atoms with Gasteiger partial charge in [0.25, 0.3) is 0 Å². The molecule has 0 amide bonds. The first-order valence-electron chi connectivity index (χ1n) is 11.2. The van der Waals surface area contributed by atoms with Gasteiger partial charge in [0.15, 0.2) is 0 Å². The minimum Gasteiger partial charge on any atom is -0.459 e. The summed E-state index contributed by atoms with van der Waals surface area (Å²) in [6.45, 7) is 4.02. The van der Waals surface area contributed by atoms with Gasteiger partial charge in [-0.1, -0.05) is 37.6 Å².